The first-order chi connectivity index (χ1) is 9.88. The van der Waals surface area contributed by atoms with Crippen molar-refractivity contribution < 1.29 is 28.3 Å². The number of carboxylic acid groups (broad SMARTS) is 1. The van der Waals surface area contributed by atoms with Crippen LogP contribution in [0.3, 0.4) is 0 Å². The molecule has 0 spiro atoms. The van der Waals surface area contributed by atoms with Crippen LogP contribution in [0.5, 0.6) is 11.5 Å². The second-order valence-electron chi connectivity index (χ2n) is 3.92. The summed E-state index contributed by atoms with van der Waals surface area (Å²) in [4.78, 5) is 20.3. The van der Waals surface area contributed by atoms with Gasteiger partial charge in [0.05, 0.1) is 16.6 Å². The molecule has 0 radical (unpaired) electrons. The van der Waals surface area contributed by atoms with Crippen molar-refractivity contribution in [2.45, 2.75) is 0 Å². The van der Waals surface area contributed by atoms with E-state index in [-0.39, 0.29) is 11.5 Å². The lowest BCUT2D eigenvalue weighted by atomic mass is 10.2. The maximum absolute atomic E-state index is 13.6. The molecule has 0 bridgehead atoms. The van der Waals surface area contributed by atoms with Gasteiger partial charge in [0.15, 0.2) is 11.6 Å². The molecule has 1 N–H and O–H groups in total. The highest BCUT2D eigenvalue weighted by Gasteiger charge is 2.14. The molecule has 0 aliphatic rings. The minimum atomic E-state index is -1.44. The van der Waals surface area contributed by atoms with Gasteiger partial charge in [-0.1, -0.05) is 0 Å². The lowest BCUT2D eigenvalue weighted by Crippen LogP contribution is -2.00. The lowest BCUT2D eigenvalue weighted by molar-refractivity contribution is -0.385. The number of nitro groups is 1. The third-order valence-electron chi connectivity index (χ3n) is 2.53. The van der Waals surface area contributed by atoms with Crippen LogP contribution < -0.4 is 4.74 Å². The zero-order chi connectivity index (χ0) is 15.6. The largest absolute Gasteiger partial charge is 0.478 e. The number of hydrogen-bond acceptors (Lipinski definition) is 4. The standard InChI is InChI=1S/C13H7F2NO5/c14-10-6-8(2-3-9(10)13(17)18)21-12-4-1-7(16(19)20)5-11(12)15/h1-6H,(H,17,18). The summed E-state index contributed by atoms with van der Waals surface area (Å²) in [6, 6.07) is 5.61. The third kappa shape index (κ3) is 3.11. The number of benzene rings is 2. The van der Waals surface area contributed by atoms with Gasteiger partial charge in [-0.15, -0.1) is 0 Å². The molecule has 0 aromatic heterocycles. The van der Waals surface area contributed by atoms with Crippen molar-refractivity contribution >= 4 is 11.7 Å². The van der Waals surface area contributed by atoms with Crippen LogP contribution >= 0.6 is 0 Å². The SMILES string of the molecule is O=C(O)c1ccc(Oc2ccc([N+](=O)[O-])cc2F)cc1F. The third-order valence-corrected chi connectivity index (χ3v) is 2.53. The minimum Gasteiger partial charge on any atom is -0.478 e. The number of nitrogens with zero attached hydrogens (tertiary/aromatic N) is 1. The van der Waals surface area contributed by atoms with Gasteiger partial charge >= 0.3 is 5.97 Å². The minimum absolute atomic E-state index is 0.134. The number of rotatable bonds is 4. The summed E-state index contributed by atoms with van der Waals surface area (Å²) in [6.07, 6.45) is 0. The zero-order valence-electron chi connectivity index (χ0n) is 10.2. The van der Waals surface area contributed by atoms with Crippen molar-refractivity contribution in [3.05, 3.63) is 63.7 Å². The monoisotopic (exact) mass is 295 g/mol. The Balaban J connectivity index is 2.28. The Bertz CT molecular complexity index is 732. The molecule has 0 saturated heterocycles. The van der Waals surface area contributed by atoms with Crippen LogP contribution in [0.4, 0.5) is 14.5 Å². The average Bonchev–Trinajstić information content (AvgIpc) is 2.40. The molecule has 0 heterocycles. The summed E-state index contributed by atoms with van der Waals surface area (Å²) in [6.45, 7) is 0. The van der Waals surface area contributed by atoms with Gasteiger partial charge in [-0.05, 0) is 18.2 Å². The Labute approximate surface area is 116 Å². The molecule has 2 aromatic rings. The number of aromatic carboxylic acids is 1. The highest BCUT2D eigenvalue weighted by molar-refractivity contribution is 5.88. The molecule has 108 valence electrons. The van der Waals surface area contributed by atoms with E-state index in [2.05, 4.69) is 0 Å². The Morgan fingerprint density at radius 1 is 1.14 bits per heavy atom. The Morgan fingerprint density at radius 2 is 1.86 bits per heavy atom. The van der Waals surface area contributed by atoms with Gasteiger partial charge in [0, 0.05) is 12.1 Å². The van der Waals surface area contributed by atoms with E-state index in [1.165, 1.54) is 0 Å². The molecule has 0 amide bonds. The van der Waals surface area contributed by atoms with Gasteiger partial charge in [-0.3, -0.25) is 10.1 Å². The fourth-order valence-electron chi connectivity index (χ4n) is 1.55. The van der Waals surface area contributed by atoms with E-state index in [1.54, 1.807) is 0 Å². The van der Waals surface area contributed by atoms with E-state index in [9.17, 15) is 23.7 Å². The summed E-state index contributed by atoms with van der Waals surface area (Å²) in [5.74, 6) is -3.96. The summed E-state index contributed by atoms with van der Waals surface area (Å²) < 4.78 is 32.0. The van der Waals surface area contributed by atoms with Crippen LogP contribution in [0.15, 0.2) is 36.4 Å². The van der Waals surface area contributed by atoms with Crippen molar-refractivity contribution in [2.24, 2.45) is 0 Å². The first-order valence-corrected chi connectivity index (χ1v) is 5.53. The van der Waals surface area contributed by atoms with Crippen LogP contribution in [0.25, 0.3) is 0 Å². The molecule has 2 aromatic carbocycles. The molecule has 0 fully saturated rings. The van der Waals surface area contributed by atoms with Crippen LogP contribution in [-0.4, -0.2) is 16.0 Å². The molecule has 0 saturated carbocycles. The van der Waals surface area contributed by atoms with Gasteiger partial charge in [-0.2, -0.15) is 0 Å². The highest BCUT2D eigenvalue weighted by atomic mass is 19.1. The quantitative estimate of drug-likeness (QED) is 0.690. The highest BCUT2D eigenvalue weighted by Crippen LogP contribution is 2.28. The molecular weight excluding hydrogens is 288 g/mol. The fourth-order valence-corrected chi connectivity index (χ4v) is 1.55. The van der Waals surface area contributed by atoms with Gasteiger partial charge in [0.2, 0.25) is 0 Å². The molecular formula is C13H7F2NO5. The summed E-state index contributed by atoms with van der Waals surface area (Å²) in [5.41, 5.74) is -1.00. The Kier molecular flexibility index (Phi) is 3.79. The average molecular weight is 295 g/mol. The molecule has 8 heteroatoms. The van der Waals surface area contributed by atoms with E-state index in [0.717, 1.165) is 30.3 Å². The molecule has 6 nitrogen and oxygen atoms in total. The number of nitro benzene ring substituents is 1. The maximum Gasteiger partial charge on any atom is 0.338 e. The predicted molar refractivity (Wildman–Crippen MR) is 66.5 cm³/mol. The van der Waals surface area contributed by atoms with Crippen LogP contribution in [-0.2, 0) is 0 Å². The molecule has 2 rings (SSSR count). The topological polar surface area (TPSA) is 89.7 Å². The van der Waals surface area contributed by atoms with E-state index >= 15 is 0 Å². The van der Waals surface area contributed by atoms with Crippen LogP contribution in [0, 0.1) is 21.7 Å². The fraction of sp³-hybridized carbons (Fsp3) is 0. The van der Waals surface area contributed by atoms with E-state index < -0.39 is 33.8 Å². The predicted octanol–water partition coefficient (Wildman–Crippen LogP) is 3.36. The lowest BCUT2D eigenvalue weighted by Gasteiger charge is -2.07. The molecule has 0 aliphatic heterocycles. The smallest absolute Gasteiger partial charge is 0.338 e. The first kappa shape index (κ1) is 14.4. The number of halogens is 2. The maximum atomic E-state index is 13.6. The van der Waals surface area contributed by atoms with Gasteiger partial charge in [0.25, 0.3) is 5.69 Å². The Morgan fingerprint density at radius 3 is 2.38 bits per heavy atom. The molecule has 0 aliphatic carbocycles. The second kappa shape index (κ2) is 5.53. The van der Waals surface area contributed by atoms with E-state index in [0.29, 0.717) is 6.07 Å². The van der Waals surface area contributed by atoms with Crippen LogP contribution in [0.1, 0.15) is 10.4 Å². The normalized spacial score (nSPS) is 10.2. The molecule has 21 heavy (non-hydrogen) atoms. The number of carbonyl (C=O) groups is 1. The first-order valence-electron chi connectivity index (χ1n) is 5.53. The zero-order valence-corrected chi connectivity index (χ0v) is 10.2. The summed E-state index contributed by atoms with van der Waals surface area (Å²) >= 11 is 0. The molecule has 0 atom stereocenters. The summed E-state index contributed by atoms with van der Waals surface area (Å²) in [5, 5.41) is 19.1. The van der Waals surface area contributed by atoms with Gasteiger partial charge < -0.3 is 9.84 Å². The number of ether oxygens (including phenoxy) is 1. The van der Waals surface area contributed by atoms with Gasteiger partial charge in [-0.25, -0.2) is 13.6 Å². The number of hydrogen-bond donors (Lipinski definition) is 1. The van der Waals surface area contributed by atoms with Crippen LogP contribution in [0.2, 0.25) is 0 Å². The second-order valence-corrected chi connectivity index (χ2v) is 3.92. The van der Waals surface area contributed by atoms with Crippen molar-refractivity contribution in [1.29, 1.82) is 0 Å². The van der Waals surface area contributed by atoms with Crippen molar-refractivity contribution in [3.8, 4) is 11.5 Å². The summed E-state index contributed by atoms with van der Waals surface area (Å²) in [7, 11) is 0. The van der Waals surface area contributed by atoms with E-state index in [1.807, 2.05) is 0 Å². The molecule has 0 unspecified atom stereocenters. The van der Waals surface area contributed by atoms with Crippen molar-refractivity contribution in [2.75, 3.05) is 0 Å². The van der Waals surface area contributed by atoms with Crippen molar-refractivity contribution in [3.63, 3.8) is 0 Å². The number of carboxylic acids is 1. The Hall–Kier alpha value is -3.03. The van der Waals surface area contributed by atoms with Crippen molar-refractivity contribution in [1.82, 2.24) is 0 Å². The van der Waals surface area contributed by atoms with Gasteiger partial charge in [0.1, 0.15) is 11.6 Å². The van der Waals surface area contributed by atoms with E-state index in [4.69, 9.17) is 9.84 Å². The number of non-ortho nitro benzene ring substituents is 1.